The zero-order valence-electron chi connectivity index (χ0n) is 11.8. The van der Waals surface area contributed by atoms with E-state index < -0.39 is 11.9 Å². The summed E-state index contributed by atoms with van der Waals surface area (Å²) in [6.45, 7) is 7.02. The third-order valence-corrected chi connectivity index (χ3v) is 3.44. The van der Waals surface area contributed by atoms with E-state index in [2.05, 4.69) is 18.7 Å². The number of carbonyl (C=O) groups is 1. The molecule has 0 saturated heterocycles. The van der Waals surface area contributed by atoms with E-state index in [-0.39, 0.29) is 5.82 Å². The van der Waals surface area contributed by atoms with E-state index in [0.717, 1.165) is 12.0 Å². The van der Waals surface area contributed by atoms with Gasteiger partial charge in [0.1, 0.15) is 5.82 Å². The predicted octanol–water partition coefficient (Wildman–Crippen LogP) is 3.15. The summed E-state index contributed by atoms with van der Waals surface area (Å²) in [7, 11) is 0. The third kappa shape index (κ3) is 4.99. The van der Waals surface area contributed by atoms with Crippen LogP contribution in [0.5, 0.6) is 0 Å². The summed E-state index contributed by atoms with van der Waals surface area (Å²) in [5, 5.41) is 9.01. The van der Waals surface area contributed by atoms with Crippen molar-refractivity contribution in [2.75, 3.05) is 6.54 Å². The second-order valence-electron chi connectivity index (χ2n) is 5.05. The Kier molecular flexibility index (Phi) is 5.96. The Morgan fingerprint density at radius 1 is 1.32 bits per heavy atom. The topological polar surface area (TPSA) is 40.5 Å². The van der Waals surface area contributed by atoms with Gasteiger partial charge in [-0.25, -0.2) is 4.39 Å². The lowest BCUT2D eigenvalue weighted by Crippen LogP contribution is -2.37. The van der Waals surface area contributed by atoms with Crippen molar-refractivity contribution in [1.82, 2.24) is 4.90 Å². The molecular weight excluding hydrogens is 245 g/mol. The average molecular weight is 267 g/mol. The normalized spacial score (nSPS) is 14.4. The van der Waals surface area contributed by atoms with Crippen LogP contribution in [0, 0.1) is 11.7 Å². The quantitative estimate of drug-likeness (QED) is 0.825. The molecule has 2 unspecified atom stereocenters. The first-order chi connectivity index (χ1) is 8.93. The van der Waals surface area contributed by atoms with Gasteiger partial charge in [-0.3, -0.25) is 9.69 Å². The van der Waals surface area contributed by atoms with Crippen molar-refractivity contribution in [3.8, 4) is 0 Å². The van der Waals surface area contributed by atoms with E-state index >= 15 is 0 Å². The van der Waals surface area contributed by atoms with Crippen LogP contribution < -0.4 is 0 Å². The first kappa shape index (κ1) is 15.6. The lowest BCUT2D eigenvalue weighted by Gasteiger charge is -2.30. The molecule has 0 aliphatic carbocycles. The molecule has 0 saturated carbocycles. The van der Waals surface area contributed by atoms with E-state index in [4.69, 9.17) is 5.11 Å². The lowest BCUT2D eigenvalue weighted by atomic mass is 10.1. The van der Waals surface area contributed by atoms with Crippen molar-refractivity contribution in [2.24, 2.45) is 5.92 Å². The van der Waals surface area contributed by atoms with Crippen LogP contribution in [-0.2, 0) is 11.3 Å². The van der Waals surface area contributed by atoms with Crippen LogP contribution in [0.25, 0.3) is 0 Å². The monoisotopic (exact) mass is 267 g/mol. The first-order valence-electron chi connectivity index (χ1n) is 6.65. The molecule has 0 amide bonds. The number of halogens is 1. The number of hydrogen-bond donors (Lipinski definition) is 1. The van der Waals surface area contributed by atoms with Gasteiger partial charge < -0.3 is 5.11 Å². The van der Waals surface area contributed by atoms with Crippen molar-refractivity contribution in [2.45, 2.75) is 39.8 Å². The van der Waals surface area contributed by atoms with Gasteiger partial charge in [-0.2, -0.15) is 0 Å². The number of carboxylic acids is 1. The van der Waals surface area contributed by atoms with E-state index in [9.17, 15) is 9.18 Å². The average Bonchev–Trinajstić information content (AvgIpc) is 2.39. The Hall–Kier alpha value is -1.42. The van der Waals surface area contributed by atoms with E-state index in [1.54, 1.807) is 19.1 Å². The van der Waals surface area contributed by atoms with E-state index in [0.29, 0.717) is 19.1 Å². The summed E-state index contributed by atoms with van der Waals surface area (Å²) < 4.78 is 12.9. The number of hydrogen-bond acceptors (Lipinski definition) is 2. The maximum absolute atomic E-state index is 12.9. The minimum absolute atomic E-state index is 0.252. The molecule has 2 atom stereocenters. The van der Waals surface area contributed by atoms with Crippen molar-refractivity contribution in [3.63, 3.8) is 0 Å². The Morgan fingerprint density at radius 2 is 1.89 bits per heavy atom. The highest BCUT2D eigenvalue weighted by molar-refractivity contribution is 5.69. The SMILES string of the molecule is CCC(C)N(Cc1ccc(F)cc1)CC(C)C(=O)O. The second kappa shape index (κ2) is 7.24. The highest BCUT2D eigenvalue weighted by Gasteiger charge is 2.19. The maximum atomic E-state index is 12.9. The van der Waals surface area contributed by atoms with Crippen LogP contribution in [0.15, 0.2) is 24.3 Å². The van der Waals surface area contributed by atoms with Crippen LogP contribution in [0.4, 0.5) is 4.39 Å². The smallest absolute Gasteiger partial charge is 0.307 e. The molecule has 4 heteroatoms. The summed E-state index contributed by atoms with van der Waals surface area (Å²) in [4.78, 5) is 13.1. The summed E-state index contributed by atoms with van der Waals surface area (Å²) in [6.07, 6.45) is 0.952. The second-order valence-corrected chi connectivity index (χ2v) is 5.05. The van der Waals surface area contributed by atoms with Gasteiger partial charge in [-0.15, -0.1) is 0 Å². The molecule has 0 spiro atoms. The summed E-state index contributed by atoms with van der Waals surface area (Å²) >= 11 is 0. The molecule has 3 nitrogen and oxygen atoms in total. The van der Waals surface area contributed by atoms with Gasteiger partial charge in [-0.1, -0.05) is 26.0 Å². The van der Waals surface area contributed by atoms with Gasteiger partial charge in [0.05, 0.1) is 5.92 Å². The zero-order valence-corrected chi connectivity index (χ0v) is 11.8. The number of benzene rings is 1. The molecule has 0 bridgehead atoms. The molecule has 0 radical (unpaired) electrons. The molecule has 1 rings (SSSR count). The molecule has 0 fully saturated rings. The number of nitrogens with zero attached hydrogens (tertiary/aromatic N) is 1. The fourth-order valence-electron chi connectivity index (χ4n) is 1.91. The molecule has 106 valence electrons. The first-order valence-corrected chi connectivity index (χ1v) is 6.65. The Balaban J connectivity index is 2.74. The van der Waals surface area contributed by atoms with E-state index in [1.165, 1.54) is 12.1 Å². The molecule has 1 N–H and O–H groups in total. The van der Waals surface area contributed by atoms with Gasteiger partial charge in [0.15, 0.2) is 0 Å². The highest BCUT2D eigenvalue weighted by Crippen LogP contribution is 2.14. The van der Waals surface area contributed by atoms with Crippen molar-refractivity contribution in [3.05, 3.63) is 35.6 Å². The molecule has 1 aromatic rings. The molecule has 0 aliphatic rings. The van der Waals surface area contributed by atoms with Crippen molar-refractivity contribution < 1.29 is 14.3 Å². The molecule has 19 heavy (non-hydrogen) atoms. The Bertz CT molecular complexity index is 405. The molecular formula is C15H22FNO2. The minimum Gasteiger partial charge on any atom is -0.481 e. The largest absolute Gasteiger partial charge is 0.481 e. The van der Waals surface area contributed by atoms with Crippen LogP contribution in [-0.4, -0.2) is 28.6 Å². The lowest BCUT2D eigenvalue weighted by molar-refractivity contribution is -0.142. The number of rotatable bonds is 7. The summed E-state index contributed by atoms with van der Waals surface area (Å²) in [6, 6.07) is 6.66. The maximum Gasteiger partial charge on any atom is 0.307 e. The Morgan fingerprint density at radius 3 is 2.37 bits per heavy atom. The summed E-state index contributed by atoms with van der Waals surface area (Å²) in [5.41, 5.74) is 0.999. The van der Waals surface area contributed by atoms with Gasteiger partial charge in [0.25, 0.3) is 0 Å². The number of aliphatic carboxylic acids is 1. The fourth-order valence-corrected chi connectivity index (χ4v) is 1.91. The van der Waals surface area contributed by atoms with Crippen LogP contribution in [0.2, 0.25) is 0 Å². The van der Waals surface area contributed by atoms with E-state index in [1.807, 2.05) is 0 Å². The number of carboxylic acid groups (broad SMARTS) is 1. The third-order valence-electron chi connectivity index (χ3n) is 3.44. The van der Waals surface area contributed by atoms with Gasteiger partial charge in [0.2, 0.25) is 0 Å². The minimum atomic E-state index is -0.785. The van der Waals surface area contributed by atoms with Crippen LogP contribution in [0.3, 0.4) is 0 Å². The molecule has 0 heterocycles. The van der Waals surface area contributed by atoms with Crippen molar-refractivity contribution >= 4 is 5.97 Å². The van der Waals surface area contributed by atoms with Crippen LogP contribution >= 0.6 is 0 Å². The highest BCUT2D eigenvalue weighted by atomic mass is 19.1. The fraction of sp³-hybridized carbons (Fsp3) is 0.533. The van der Waals surface area contributed by atoms with Gasteiger partial charge in [0, 0.05) is 19.1 Å². The standard InChI is InChI=1S/C15H22FNO2/c1-4-12(3)17(9-11(2)15(18)19)10-13-5-7-14(16)8-6-13/h5-8,11-12H,4,9-10H2,1-3H3,(H,18,19). The van der Waals surface area contributed by atoms with Gasteiger partial charge >= 0.3 is 5.97 Å². The predicted molar refractivity (Wildman–Crippen MR) is 73.4 cm³/mol. The van der Waals surface area contributed by atoms with Crippen molar-refractivity contribution in [1.29, 1.82) is 0 Å². The Labute approximate surface area is 114 Å². The zero-order chi connectivity index (χ0) is 14.4. The van der Waals surface area contributed by atoms with Gasteiger partial charge in [-0.05, 0) is 31.0 Å². The van der Waals surface area contributed by atoms with Crippen LogP contribution in [0.1, 0.15) is 32.8 Å². The molecule has 1 aromatic carbocycles. The molecule has 0 aliphatic heterocycles. The molecule has 0 aromatic heterocycles. The summed E-state index contributed by atoms with van der Waals surface area (Å²) in [5.74, 6) is -1.44.